The van der Waals surface area contributed by atoms with Crippen LogP contribution in [0.1, 0.15) is 106 Å². The zero-order valence-corrected chi connectivity index (χ0v) is 26.1. The Balaban J connectivity index is 1.84. The first kappa shape index (κ1) is 32.9. The van der Waals surface area contributed by atoms with Crippen molar-refractivity contribution < 1.29 is 28.8 Å². The first-order valence-electron chi connectivity index (χ1n) is 15.3. The van der Waals surface area contributed by atoms with Crippen LogP contribution in [-0.4, -0.2) is 52.4 Å². The number of carbonyl (C=O) groups is 6. The molecule has 8 heteroatoms. The van der Waals surface area contributed by atoms with Crippen molar-refractivity contribution in [3.8, 4) is 0 Å². The Morgan fingerprint density at radius 1 is 1.02 bits per heavy atom. The lowest BCUT2D eigenvalue weighted by Crippen LogP contribution is -2.49. The van der Waals surface area contributed by atoms with Crippen LogP contribution in [0.25, 0.3) is 0 Å². The van der Waals surface area contributed by atoms with Crippen molar-refractivity contribution in [2.75, 3.05) is 6.54 Å². The zero-order valence-electron chi connectivity index (χ0n) is 26.1. The van der Waals surface area contributed by atoms with E-state index in [-0.39, 0.29) is 71.6 Å². The highest BCUT2D eigenvalue weighted by Gasteiger charge is 2.69. The summed E-state index contributed by atoms with van der Waals surface area (Å²) in [4.78, 5) is 79.8. The van der Waals surface area contributed by atoms with E-state index >= 15 is 0 Å². The Hall–Kier alpha value is -2.64. The number of likely N-dealkylation sites (tertiary alicyclic amines) is 1. The molecule has 0 bridgehead atoms. The lowest BCUT2D eigenvalue weighted by Gasteiger charge is -2.34. The second-order valence-corrected chi connectivity index (χ2v) is 14.6. The van der Waals surface area contributed by atoms with Gasteiger partial charge in [-0.15, -0.1) is 0 Å². The number of ketones is 4. The number of fused-ring (bicyclic) bond motifs is 1. The molecule has 0 aromatic carbocycles. The van der Waals surface area contributed by atoms with E-state index in [0.29, 0.717) is 30.9 Å². The molecule has 2 amide bonds. The molecule has 0 aromatic rings. The first-order valence-corrected chi connectivity index (χ1v) is 15.3. The second kappa shape index (κ2) is 12.7. The number of allylic oxidation sites excluding steroid dienone is 2. The molecular weight excluding hydrogens is 520 g/mol. The molecule has 2 N–H and O–H groups in total. The molecule has 1 aliphatic heterocycles. The summed E-state index contributed by atoms with van der Waals surface area (Å²) in [6.07, 6.45) is 5.83. The smallest absolute Gasteiger partial charge is 0.285 e. The van der Waals surface area contributed by atoms with E-state index in [1.54, 1.807) is 24.8 Å². The van der Waals surface area contributed by atoms with Gasteiger partial charge in [-0.05, 0) is 60.8 Å². The van der Waals surface area contributed by atoms with Gasteiger partial charge in [0, 0.05) is 44.1 Å². The number of piperidine rings is 1. The standard InChI is InChI=1S/C33H50N2O6/c1-8-19(2)25(37)13-12-21(15-23(36)17-32(3,4)5)31(41)35-18-24-27(33(24,6)7)28(35)26(38)16-22(29(39)30(34)40)14-20-10-9-11-20/h8,20-22,24,27-28H,9-18H2,1-7H3,(H2,34,40)/b19-8+/t21-,22?,24?,27+,28-/m1/s1. The summed E-state index contributed by atoms with van der Waals surface area (Å²) >= 11 is 0. The molecular formula is C33H50N2O6. The van der Waals surface area contributed by atoms with E-state index in [4.69, 9.17) is 5.73 Å². The van der Waals surface area contributed by atoms with Gasteiger partial charge in [-0.2, -0.15) is 0 Å². The molecule has 0 spiro atoms. The monoisotopic (exact) mass is 570 g/mol. The largest absolute Gasteiger partial charge is 0.363 e. The number of hydrogen-bond donors (Lipinski definition) is 1. The summed E-state index contributed by atoms with van der Waals surface area (Å²) in [5.41, 5.74) is 5.61. The summed E-state index contributed by atoms with van der Waals surface area (Å²) in [7, 11) is 0. The van der Waals surface area contributed by atoms with E-state index < -0.39 is 29.6 Å². The zero-order chi connectivity index (χ0) is 30.9. The summed E-state index contributed by atoms with van der Waals surface area (Å²) in [6.45, 7) is 14.0. The third-order valence-corrected chi connectivity index (χ3v) is 9.87. The van der Waals surface area contributed by atoms with Gasteiger partial charge in [0.1, 0.15) is 5.78 Å². The molecule has 3 fully saturated rings. The average molecular weight is 571 g/mol. The molecule has 2 unspecified atom stereocenters. The van der Waals surface area contributed by atoms with Gasteiger partial charge in [-0.3, -0.25) is 28.8 Å². The number of hydrogen-bond acceptors (Lipinski definition) is 6. The first-order chi connectivity index (χ1) is 19.0. The highest BCUT2D eigenvalue weighted by Crippen LogP contribution is 2.65. The number of nitrogens with zero attached hydrogens (tertiary/aromatic N) is 1. The molecule has 8 nitrogen and oxygen atoms in total. The third-order valence-electron chi connectivity index (χ3n) is 9.87. The van der Waals surface area contributed by atoms with Gasteiger partial charge in [0.15, 0.2) is 11.6 Å². The van der Waals surface area contributed by atoms with E-state index in [1.165, 1.54) is 0 Å². The molecule has 2 saturated carbocycles. The number of carbonyl (C=O) groups excluding carboxylic acids is 6. The summed E-state index contributed by atoms with van der Waals surface area (Å²) in [5, 5.41) is 0. The molecule has 228 valence electrons. The maximum absolute atomic E-state index is 14.1. The number of amides is 2. The van der Waals surface area contributed by atoms with Gasteiger partial charge in [-0.25, -0.2) is 0 Å². The number of nitrogens with two attached hydrogens (primary N) is 1. The fourth-order valence-corrected chi connectivity index (χ4v) is 7.01. The molecule has 5 atom stereocenters. The highest BCUT2D eigenvalue weighted by atomic mass is 16.2. The van der Waals surface area contributed by atoms with E-state index in [2.05, 4.69) is 13.8 Å². The third kappa shape index (κ3) is 7.81. The Bertz CT molecular complexity index is 1110. The van der Waals surface area contributed by atoms with Gasteiger partial charge in [0.05, 0.1) is 6.04 Å². The lowest BCUT2D eigenvalue weighted by molar-refractivity contribution is -0.146. The van der Waals surface area contributed by atoms with E-state index in [1.807, 2.05) is 20.8 Å². The predicted octanol–water partition coefficient (Wildman–Crippen LogP) is 4.62. The van der Waals surface area contributed by atoms with Gasteiger partial charge in [0.25, 0.3) is 5.91 Å². The Labute approximate surface area is 245 Å². The molecule has 2 aliphatic carbocycles. The minimum atomic E-state index is -1.02. The van der Waals surface area contributed by atoms with Crippen LogP contribution in [0.3, 0.4) is 0 Å². The molecule has 0 aromatic heterocycles. The number of primary amides is 1. The minimum Gasteiger partial charge on any atom is -0.363 e. The van der Waals surface area contributed by atoms with Gasteiger partial charge >= 0.3 is 0 Å². The highest BCUT2D eigenvalue weighted by molar-refractivity contribution is 6.36. The van der Waals surface area contributed by atoms with Crippen molar-refractivity contribution in [1.82, 2.24) is 4.90 Å². The fourth-order valence-electron chi connectivity index (χ4n) is 7.01. The molecule has 41 heavy (non-hydrogen) atoms. The second-order valence-electron chi connectivity index (χ2n) is 14.6. The van der Waals surface area contributed by atoms with E-state index in [9.17, 15) is 28.8 Å². The van der Waals surface area contributed by atoms with Gasteiger partial charge in [0.2, 0.25) is 11.7 Å². The fraction of sp³-hybridized carbons (Fsp3) is 0.758. The van der Waals surface area contributed by atoms with Crippen LogP contribution in [0.4, 0.5) is 0 Å². The van der Waals surface area contributed by atoms with Crippen LogP contribution >= 0.6 is 0 Å². The predicted molar refractivity (Wildman–Crippen MR) is 156 cm³/mol. The molecule has 3 rings (SSSR count). The summed E-state index contributed by atoms with van der Waals surface area (Å²) in [5.74, 6) is -3.37. The Morgan fingerprint density at radius 3 is 2.17 bits per heavy atom. The van der Waals surface area contributed by atoms with Crippen molar-refractivity contribution >= 4 is 34.9 Å². The van der Waals surface area contributed by atoms with Crippen molar-refractivity contribution in [3.63, 3.8) is 0 Å². The number of rotatable bonds is 15. The SMILES string of the molecule is C/C=C(\C)C(=O)CC[C@H](CC(=O)CC(C)(C)C)C(=O)N1CC2[C@@H]([C@H]1C(=O)CC(CC1CCC1)C(=O)C(N)=O)C2(C)C. The Morgan fingerprint density at radius 2 is 1.66 bits per heavy atom. The maximum atomic E-state index is 14.1. The van der Waals surface area contributed by atoms with Gasteiger partial charge in [-0.1, -0.05) is 60.0 Å². The normalized spacial score (nSPS) is 25.1. The van der Waals surface area contributed by atoms with Gasteiger partial charge < -0.3 is 10.6 Å². The van der Waals surface area contributed by atoms with E-state index in [0.717, 1.165) is 19.3 Å². The van der Waals surface area contributed by atoms with Crippen LogP contribution in [0.5, 0.6) is 0 Å². The topological polar surface area (TPSA) is 132 Å². The summed E-state index contributed by atoms with van der Waals surface area (Å²) < 4.78 is 0. The molecule has 1 heterocycles. The molecule has 3 aliphatic rings. The van der Waals surface area contributed by atoms with Crippen LogP contribution in [0.2, 0.25) is 0 Å². The molecule has 0 radical (unpaired) electrons. The van der Waals surface area contributed by atoms with Crippen molar-refractivity contribution in [2.24, 2.45) is 46.2 Å². The average Bonchev–Trinajstić information content (AvgIpc) is 3.17. The minimum absolute atomic E-state index is 0.0267. The van der Waals surface area contributed by atoms with Crippen LogP contribution in [0, 0.1) is 40.4 Å². The summed E-state index contributed by atoms with van der Waals surface area (Å²) in [6, 6.07) is -0.708. The van der Waals surface area contributed by atoms with Crippen LogP contribution in [0.15, 0.2) is 11.6 Å². The van der Waals surface area contributed by atoms with Crippen LogP contribution < -0.4 is 5.73 Å². The van der Waals surface area contributed by atoms with Crippen molar-refractivity contribution in [3.05, 3.63) is 11.6 Å². The lowest BCUT2D eigenvalue weighted by atomic mass is 9.76. The molecule has 1 saturated heterocycles. The quantitative estimate of drug-likeness (QED) is 0.226. The van der Waals surface area contributed by atoms with Crippen molar-refractivity contribution in [2.45, 2.75) is 112 Å². The van der Waals surface area contributed by atoms with Crippen LogP contribution in [-0.2, 0) is 28.8 Å². The van der Waals surface area contributed by atoms with Crippen molar-refractivity contribution in [1.29, 1.82) is 0 Å². The Kier molecular flexibility index (Phi) is 10.2. The number of Topliss-reactive ketones (excluding diaryl/α,β-unsaturated/α-hetero) is 4. The maximum Gasteiger partial charge on any atom is 0.285 e.